The summed E-state index contributed by atoms with van der Waals surface area (Å²) in [7, 11) is 0. The van der Waals surface area contributed by atoms with Gasteiger partial charge in [0.1, 0.15) is 5.65 Å². The van der Waals surface area contributed by atoms with E-state index in [1.165, 1.54) is 0 Å². The number of likely N-dealkylation sites (tertiary alicyclic amines) is 1. The zero-order valence-electron chi connectivity index (χ0n) is 13.2. The van der Waals surface area contributed by atoms with Crippen LogP contribution in [0.1, 0.15) is 10.4 Å². The van der Waals surface area contributed by atoms with Crippen LogP contribution in [-0.2, 0) is 0 Å². The highest BCUT2D eigenvalue weighted by Gasteiger charge is 2.54. The van der Waals surface area contributed by atoms with Gasteiger partial charge in [-0.25, -0.2) is 4.98 Å². The summed E-state index contributed by atoms with van der Waals surface area (Å²) in [5, 5.41) is 0. The summed E-state index contributed by atoms with van der Waals surface area (Å²) in [5.74, 6) is 1.12. The Kier molecular flexibility index (Phi) is 2.82. The van der Waals surface area contributed by atoms with Gasteiger partial charge in [-0.15, -0.1) is 0 Å². The molecule has 1 amide bonds. The van der Waals surface area contributed by atoms with Crippen molar-refractivity contribution in [2.24, 2.45) is 17.6 Å². The van der Waals surface area contributed by atoms with Crippen LogP contribution in [0.4, 0.5) is 0 Å². The fourth-order valence-corrected chi connectivity index (χ4v) is 3.81. The molecule has 1 saturated carbocycles. The van der Waals surface area contributed by atoms with Crippen LogP contribution in [0.3, 0.4) is 0 Å². The zero-order valence-corrected chi connectivity index (χ0v) is 13.2. The number of nitrogens with zero attached hydrogens (tertiary/aromatic N) is 3. The Morgan fingerprint density at radius 1 is 1.12 bits per heavy atom. The average Bonchev–Trinajstić information content (AvgIpc) is 3.05. The van der Waals surface area contributed by atoms with Gasteiger partial charge in [0, 0.05) is 42.7 Å². The second kappa shape index (κ2) is 4.92. The van der Waals surface area contributed by atoms with Crippen molar-refractivity contribution in [2.75, 3.05) is 13.1 Å². The minimum Gasteiger partial charge on any atom is -0.338 e. The van der Waals surface area contributed by atoms with Gasteiger partial charge >= 0.3 is 0 Å². The SMILES string of the molecule is NC1[C@H]2CN(C(=O)c3cccc(-c4cn5ccccc5n4)c3)C[C@@H]12. The molecule has 0 spiro atoms. The summed E-state index contributed by atoms with van der Waals surface area (Å²) < 4.78 is 1.99. The molecule has 1 aliphatic carbocycles. The number of carbonyl (C=O) groups is 1. The number of nitrogens with two attached hydrogens (primary N) is 1. The van der Waals surface area contributed by atoms with Crippen LogP contribution in [0, 0.1) is 11.8 Å². The molecule has 3 aromatic rings. The molecule has 5 heteroatoms. The van der Waals surface area contributed by atoms with Crippen LogP contribution in [0.15, 0.2) is 54.9 Å². The number of benzene rings is 1. The molecular weight excluding hydrogens is 300 g/mol. The van der Waals surface area contributed by atoms with Gasteiger partial charge in [-0.1, -0.05) is 18.2 Å². The third-order valence-corrected chi connectivity index (χ3v) is 5.32. The largest absolute Gasteiger partial charge is 0.338 e. The average molecular weight is 318 g/mol. The van der Waals surface area contributed by atoms with E-state index in [9.17, 15) is 4.79 Å². The van der Waals surface area contributed by atoms with Crippen molar-refractivity contribution in [3.63, 3.8) is 0 Å². The van der Waals surface area contributed by atoms with E-state index < -0.39 is 0 Å². The van der Waals surface area contributed by atoms with Crippen molar-refractivity contribution in [3.05, 3.63) is 60.4 Å². The lowest BCUT2D eigenvalue weighted by Crippen LogP contribution is -2.33. The molecule has 0 radical (unpaired) electrons. The fourth-order valence-electron chi connectivity index (χ4n) is 3.81. The van der Waals surface area contributed by atoms with Crippen LogP contribution < -0.4 is 5.73 Å². The Labute approximate surface area is 139 Å². The maximum atomic E-state index is 12.7. The molecule has 24 heavy (non-hydrogen) atoms. The zero-order chi connectivity index (χ0) is 16.3. The van der Waals surface area contributed by atoms with Crippen LogP contribution in [0.5, 0.6) is 0 Å². The van der Waals surface area contributed by atoms with Crippen LogP contribution in [-0.4, -0.2) is 39.3 Å². The fraction of sp³-hybridized carbons (Fsp3) is 0.263. The standard InChI is InChI=1S/C19H18N4O/c20-18-14-9-23(10-15(14)18)19(24)13-5-3-4-12(8-13)16-11-22-7-2-1-6-17(22)21-16/h1-8,11,14-15,18H,9-10,20H2/t14-,15+,18?. The molecule has 2 fully saturated rings. The summed E-state index contributed by atoms with van der Waals surface area (Å²) in [6.45, 7) is 1.59. The van der Waals surface area contributed by atoms with E-state index in [0.29, 0.717) is 17.9 Å². The van der Waals surface area contributed by atoms with E-state index in [1.54, 1.807) is 0 Å². The Morgan fingerprint density at radius 2 is 1.96 bits per heavy atom. The predicted molar refractivity (Wildman–Crippen MR) is 91.5 cm³/mol. The highest BCUT2D eigenvalue weighted by molar-refractivity contribution is 5.95. The molecule has 3 heterocycles. The number of rotatable bonds is 2. The minimum atomic E-state index is 0.0972. The van der Waals surface area contributed by atoms with Crippen molar-refractivity contribution in [3.8, 4) is 11.3 Å². The number of amides is 1. The Morgan fingerprint density at radius 3 is 2.75 bits per heavy atom. The monoisotopic (exact) mass is 318 g/mol. The molecule has 5 rings (SSSR count). The van der Waals surface area contributed by atoms with Crippen molar-refractivity contribution in [1.29, 1.82) is 0 Å². The molecule has 1 aliphatic heterocycles. The first-order chi connectivity index (χ1) is 11.7. The van der Waals surface area contributed by atoms with Gasteiger partial charge in [0.25, 0.3) is 5.91 Å². The van der Waals surface area contributed by atoms with E-state index in [2.05, 4.69) is 4.98 Å². The maximum Gasteiger partial charge on any atom is 0.253 e. The number of imidazole rings is 1. The quantitative estimate of drug-likeness (QED) is 0.786. The summed E-state index contributed by atoms with van der Waals surface area (Å²) in [6, 6.07) is 14.0. The first-order valence-electron chi connectivity index (χ1n) is 8.30. The number of hydrogen-bond acceptors (Lipinski definition) is 3. The molecule has 1 unspecified atom stereocenters. The van der Waals surface area contributed by atoms with Crippen molar-refractivity contribution in [2.45, 2.75) is 6.04 Å². The minimum absolute atomic E-state index is 0.0972. The Bertz CT molecular complexity index is 902. The van der Waals surface area contributed by atoms with Gasteiger partial charge in [-0.3, -0.25) is 4.79 Å². The molecule has 2 aromatic heterocycles. The van der Waals surface area contributed by atoms with Gasteiger partial charge in [-0.05, 0) is 36.1 Å². The lowest BCUT2D eigenvalue weighted by Gasteiger charge is -2.19. The first kappa shape index (κ1) is 13.7. The van der Waals surface area contributed by atoms with Crippen molar-refractivity contribution in [1.82, 2.24) is 14.3 Å². The topological polar surface area (TPSA) is 63.6 Å². The molecule has 120 valence electrons. The van der Waals surface area contributed by atoms with Gasteiger partial charge < -0.3 is 15.0 Å². The van der Waals surface area contributed by atoms with Crippen LogP contribution in [0.25, 0.3) is 16.9 Å². The number of pyridine rings is 1. The van der Waals surface area contributed by atoms with Gasteiger partial charge in [0.05, 0.1) is 5.69 Å². The number of aromatic nitrogens is 2. The van der Waals surface area contributed by atoms with Crippen LogP contribution >= 0.6 is 0 Å². The molecule has 0 bridgehead atoms. The van der Waals surface area contributed by atoms with E-state index >= 15 is 0 Å². The normalized spacial score (nSPS) is 25.0. The van der Waals surface area contributed by atoms with Crippen molar-refractivity contribution < 1.29 is 4.79 Å². The summed E-state index contributed by atoms with van der Waals surface area (Å²) in [5.41, 5.74) is 9.42. The second-order valence-corrected chi connectivity index (χ2v) is 6.79. The van der Waals surface area contributed by atoms with Gasteiger partial charge in [0.2, 0.25) is 0 Å². The highest BCUT2D eigenvalue weighted by Crippen LogP contribution is 2.44. The first-order valence-corrected chi connectivity index (χ1v) is 8.30. The maximum absolute atomic E-state index is 12.7. The molecule has 2 aliphatic rings. The number of piperidine rings is 1. The highest BCUT2D eigenvalue weighted by atomic mass is 16.2. The molecule has 2 N–H and O–H groups in total. The molecular formula is C19H18N4O. The summed E-state index contributed by atoms with van der Waals surface area (Å²) >= 11 is 0. The van der Waals surface area contributed by atoms with Crippen molar-refractivity contribution >= 4 is 11.6 Å². The molecule has 1 saturated heterocycles. The van der Waals surface area contributed by atoms with Crippen LogP contribution in [0.2, 0.25) is 0 Å². The van der Waals surface area contributed by atoms with Gasteiger partial charge in [-0.2, -0.15) is 0 Å². The third-order valence-electron chi connectivity index (χ3n) is 5.32. The van der Waals surface area contributed by atoms with E-state index in [-0.39, 0.29) is 5.91 Å². The van der Waals surface area contributed by atoms with Gasteiger partial charge in [0.15, 0.2) is 0 Å². The lowest BCUT2D eigenvalue weighted by atomic mass is 10.1. The molecule has 5 nitrogen and oxygen atoms in total. The Balaban J connectivity index is 1.44. The smallest absolute Gasteiger partial charge is 0.253 e. The number of hydrogen-bond donors (Lipinski definition) is 1. The third kappa shape index (κ3) is 2.05. The summed E-state index contributed by atoms with van der Waals surface area (Å²) in [6.07, 6.45) is 3.96. The number of fused-ring (bicyclic) bond motifs is 2. The summed E-state index contributed by atoms with van der Waals surface area (Å²) in [4.78, 5) is 19.3. The second-order valence-electron chi connectivity index (χ2n) is 6.79. The number of carbonyl (C=O) groups excluding carboxylic acids is 1. The van der Waals surface area contributed by atoms with E-state index in [0.717, 1.165) is 35.6 Å². The predicted octanol–water partition coefficient (Wildman–Crippen LogP) is 2.03. The van der Waals surface area contributed by atoms with E-state index in [1.807, 2.05) is 64.2 Å². The lowest BCUT2D eigenvalue weighted by molar-refractivity contribution is 0.0773. The Hall–Kier alpha value is -2.66. The van der Waals surface area contributed by atoms with E-state index in [4.69, 9.17) is 5.73 Å². The molecule has 3 atom stereocenters. The molecule has 1 aromatic carbocycles.